The van der Waals surface area contributed by atoms with Gasteiger partial charge < -0.3 is 5.73 Å². The summed E-state index contributed by atoms with van der Waals surface area (Å²) in [7, 11) is 0. The summed E-state index contributed by atoms with van der Waals surface area (Å²) in [6, 6.07) is 3.93. The average molecular weight is 249 g/mol. The van der Waals surface area contributed by atoms with Crippen LogP contribution in [0, 0.1) is 25.6 Å². The maximum atomic E-state index is 13.6. The lowest BCUT2D eigenvalue weighted by molar-refractivity contribution is 0.382. The van der Waals surface area contributed by atoms with Crippen LogP contribution in [0.3, 0.4) is 0 Å². The fraction of sp³-hybridized carbons (Fsp3) is 0.625. The lowest BCUT2D eigenvalue weighted by atomic mass is 9.86. The van der Waals surface area contributed by atoms with Gasteiger partial charge in [0, 0.05) is 6.04 Å². The zero-order valence-corrected chi connectivity index (χ0v) is 11.5. The van der Waals surface area contributed by atoms with E-state index in [1.807, 2.05) is 26.0 Å². The monoisotopic (exact) mass is 249 g/mol. The van der Waals surface area contributed by atoms with Gasteiger partial charge in [0.2, 0.25) is 0 Å². The van der Waals surface area contributed by atoms with E-state index in [1.54, 1.807) is 0 Å². The predicted octanol–water partition coefficient (Wildman–Crippen LogP) is 4.41. The van der Waals surface area contributed by atoms with Crippen molar-refractivity contribution in [2.24, 2.45) is 11.7 Å². The predicted molar refractivity (Wildman–Crippen MR) is 74.0 cm³/mol. The van der Waals surface area contributed by atoms with Gasteiger partial charge in [0.05, 0.1) is 0 Å². The summed E-state index contributed by atoms with van der Waals surface area (Å²) < 4.78 is 13.6. The molecule has 0 spiro atoms. The first-order valence-corrected chi connectivity index (χ1v) is 7.12. The molecule has 1 unspecified atom stereocenters. The van der Waals surface area contributed by atoms with Crippen LogP contribution in [-0.2, 0) is 0 Å². The summed E-state index contributed by atoms with van der Waals surface area (Å²) in [5, 5.41) is 0. The Kier molecular flexibility index (Phi) is 4.39. The van der Waals surface area contributed by atoms with Crippen LogP contribution in [-0.4, -0.2) is 0 Å². The quantitative estimate of drug-likeness (QED) is 0.772. The fourth-order valence-electron chi connectivity index (χ4n) is 3.11. The van der Waals surface area contributed by atoms with Gasteiger partial charge in [-0.15, -0.1) is 0 Å². The Balaban J connectivity index is 2.19. The van der Waals surface area contributed by atoms with Crippen LogP contribution in [0.25, 0.3) is 0 Å². The van der Waals surface area contributed by atoms with Gasteiger partial charge in [0.25, 0.3) is 0 Å². The van der Waals surface area contributed by atoms with Crippen molar-refractivity contribution >= 4 is 0 Å². The molecule has 1 aliphatic carbocycles. The third-order valence-electron chi connectivity index (χ3n) is 4.25. The molecule has 0 radical (unpaired) electrons. The zero-order chi connectivity index (χ0) is 13.1. The van der Waals surface area contributed by atoms with E-state index in [2.05, 4.69) is 0 Å². The van der Waals surface area contributed by atoms with Gasteiger partial charge in [-0.3, -0.25) is 0 Å². The first-order valence-electron chi connectivity index (χ1n) is 7.12. The highest BCUT2D eigenvalue weighted by molar-refractivity contribution is 5.32. The molecule has 0 saturated heterocycles. The number of halogens is 1. The molecule has 0 amide bonds. The zero-order valence-electron chi connectivity index (χ0n) is 11.5. The Morgan fingerprint density at radius 3 is 2.06 bits per heavy atom. The third-order valence-corrected chi connectivity index (χ3v) is 4.25. The number of hydrogen-bond acceptors (Lipinski definition) is 1. The highest BCUT2D eigenvalue weighted by Crippen LogP contribution is 2.33. The molecule has 0 aliphatic heterocycles. The average Bonchev–Trinajstić information content (AvgIpc) is 2.63. The van der Waals surface area contributed by atoms with E-state index >= 15 is 0 Å². The Morgan fingerprint density at radius 1 is 1.06 bits per heavy atom. The van der Waals surface area contributed by atoms with Crippen molar-refractivity contribution in [3.05, 3.63) is 34.6 Å². The van der Waals surface area contributed by atoms with Crippen LogP contribution in [0.4, 0.5) is 4.39 Å². The van der Waals surface area contributed by atoms with Gasteiger partial charge >= 0.3 is 0 Å². The topological polar surface area (TPSA) is 26.0 Å². The highest BCUT2D eigenvalue weighted by Gasteiger charge is 2.21. The number of hydrogen-bond donors (Lipinski definition) is 1. The molecule has 2 N–H and O–H groups in total. The molecule has 100 valence electrons. The van der Waals surface area contributed by atoms with Gasteiger partial charge in [-0.1, -0.05) is 37.8 Å². The van der Waals surface area contributed by atoms with Crippen LogP contribution in [0.15, 0.2) is 12.1 Å². The van der Waals surface area contributed by atoms with Crippen molar-refractivity contribution in [2.75, 3.05) is 0 Å². The van der Waals surface area contributed by atoms with E-state index in [0.717, 1.165) is 5.56 Å². The lowest BCUT2D eigenvalue weighted by Crippen LogP contribution is -2.21. The van der Waals surface area contributed by atoms with Crippen LogP contribution in [0.2, 0.25) is 0 Å². The molecule has 1 aromatic carbocycles. The van der Waals surface area contributed by atoms with Crippen LogP contribution in [0.1, 0.15) is 61.3 Å². The van der Waals surface area contributed by atoms with E-state index in [-0.39, 0.29) is 11.9 Å². The summed E-state index contributed by atoms with van der Waals surface area (Å²) in [4.78, 5) is 0. The number of aryl methyl sites for hydroxylation is 2. The Hall–Kier alpha value is -0.890. The summed E-state index contributed by atoms with van der Waals surface area (Å²) >= 11 is 0. The number of rotatable bonds is 2. The van der Waals surface area contributed by atoms with E-state index in [0.29, 0.717) is 17.0 Å². The standard InChI is InChI=1S/C16H24FN/c1-11-9-14(10-12(2)15(11)17)16(18)13-7-5-3-4-6-8-13/h9-10,13,16H,3-8,18H2,1-2H3. The largest absolute Gasteiger partial charge is 0.324 e. The molecule has 1 nitrogen and oxygen atoms in total. The fourth-order valence-corrected chi connectivity index (χ4v) is 3.11. The molecule has 1 aromatic rings. The van der Waals surface area contributed by atoms with Crippen LogP contribution >= 0.6 is 0 Å². The lowest BCUT2D eigenvalue weighted by Gasteiger charge is -2.23. The normalized spacial score (nSPS) is 19.6. The van der Waals surface area contributed by atoms with Crippen molar-refractivity contribution in [1.29, 1.82) is 0 Å². The molecule has 1 atom stereocenters. The summed E-state index contributed by atoms with van der Waals surface area (Å²) in [6.45, 7) is 3.65. The van der Waals surface area contributed by atoms with E-state index < -0.39 is 0 Å². The third kappa shape index (κ3) is 2.92. The van der Waals surface area contributed by atoms with Gasteiger partial charge in [0.1, 0.15) is 5.82 Å². The molecule has 0 heterocycles. The van der Waals surface area contributed by atoms with Crippen molar-refractivity contribution < 1.29 is 4.39 Å². The van der Waals surface area contributed by atoms with Crippen molar-refractivity contribution in [1.82, 2.24) is 0 Å². The Morgan fingerprint density at radius 2 is 1.56 bits per heavy atom. The van der Waals surface area contributed by atoms with Gasteiger partial charge in [0.15, 0.2) is 0 Å². The van der Waals surface area contributed by atoms with Gasteiger partial charge in [-0.25, -0.2) is 4.39 Å². The molecular formula is C16H24FN. The summed E-state index contributed by atoms with van der Waals surface area (Å²) in [6.07, 6.45) is 7.69. The molecule has 2 rings (SSSR count). The highest BCUT2D eigenvalue weighted by atomic mass is 19.1. The Labute approximate surface area is 110 Å². The molecule has 2 heteroatoms. The summed E-state index contributed by atoms with van der Waals surface area (Å²) in [5.41, 5.74) is 8.95. The molecule has 1 aliphatic rings. The SMILES string of the molecule is Cc1cc(C(N)C2CCCCCC2)cc(C)c1F. The minimum Gasteiger partial charge on any atom is -0.324 e. The minimum atomic E-state index is -0.0909. The second-order valence-electron chi connectivity index (χ2n) is 5.75. The molecule has 1 saturated carbocycles. The molecular weight excluding hydrogens is 225 g/mol. The van der Waals surface area contributed by atoms with Crippen LogP contribution in [0.5, 0.6) is 0 Å². The second-order valence-corrected chi connectivity index (χ2v) is 5.75. The molecule has 0 bridgehead atoms. The summed E-state index contributed by atoms with van der Waals surface area (Å²) in [5.74, 6) is 0.476. The first kappa shape index (κ1) is 13.5. The van der Waals surface area contributed by atoms with Gasteiger partial charge in [-0.2, -0.15) is 0 Å². The van der Waals surface area contributed by atoms with E-state index in [4.69, 9.17) is 5.73 Å². The number of benzene rings is 1. The Bertz CT molecular complexity index is 383. The van der Waals surface area contributed by atoms with Crippen molar-refractivity contribution in [2.45, 2.75) is 58.4 Å². The van der Waals surface area contributed by atoms with E-state index in [1.165, 1.54) is 38.5 Å². The van der Waals surface area contributed by atoms with Gasteiger partial charge in [-0.05, 0) is 49.3 Å². The second kappa shape index (κ2) is 5.83. The molecule has 1 fully saturated rings. The molecule has 0 aromatic heterocycles. The van der Waals surface area contributed by atoms with Crippen LogP contribution < -0.4 is 5.73 Å². The maximum Gasteiger partial charge on any atom is 0.129 e. The molecule has 18 heavy (non-hydrogen) atoms. The smallest absolute Gasteiger partial charge is 0.129 e. The van der Waals surface area contributed by atoms with Crippen molar-refractivity contribution in [3.8, 4) is 0 Å². The maximum absolute atomic E-state index is 13.6. The minimum absolute atomic E-state index is 0.0705. The van der Waals surface area contributed by atoms with E-state index in [9.17, 15) is 4.39 Å². The first-order chi connectivity index (χ1) is 8.59. The number of nitrogens with two attached hydrogens (primary N) is 1. The van der Waals surface area contributed by atoms with Crippen molar-refractivity contribution in [3.63, 3.8) is 0 Å².